The van der Waals surface area contributed by atoms with Crippen LogP contribution in [0.15, 0.2) is 0 Å². The lowest BCUT2D eigenvalue weighted by atomic mass is 9.84. The zero-order valence-corrected chi connectivity index (χ0v) is 13.8. The van der Waals surface area contributed by atoms with Crippen molar-refractivity contribution in [2.45, 2.75) is 66.1 Å². The molecule has 5 heteroatoms. The van der Waals surface area contributed by atoms with Crippen LogP contribution in [0.3, 0.4) is 0 Å². The van der Waals surface area contributed by atoms with E-state index in [9.17, 15) is 9.59 Å². The molecule has 1 aliphatic heterocycles. The SMILES string of the molecule is CC1OC(C)C(C(=O)NCCC(C)(C)CCC(=O)O)C1C. The van der Waals surface area contributed by atoms with Crippen LogP contribution < -0.4 is 5.32 Å². The van der Waals surface area contributed by atoms with Crippen molar-refractivity contribution in [1.29, 1.82) is 0 Å². The lowest BCUT2D eigenvalue weighted by Gasteiger charge is -2.25. The van der Waals surface area contributed by atoms with Crippen LogP contribution in [0.1, 0.15) is 53.9 Å². The van der Waals surface area contributed by atoms with E-state index >= 15 is 0 Å². The number of amides is 1. The number of carboxylic acid groups (broad SMARTS) is 1. The average Bonchev–Trinajstić information content (AvgIpc) is 2.60. The van der Waals surface area contributed by atoms with Crippen LogP contribution in [-0.4, -0.2) is 35.7 Å². The van der Waals surface area contributed by atoms with Crippen LogP contribution in [0.2, 0.25) is 0 Å². The molecule has 4 atom stereocenters. The number of ether oxygens (including phenoxy) is 1. The Balaban J connectivity index is 2.38. The molecular weight excluding hydrogens is 270 g/mol. The summed E-state index contributed by atoms with van der Waals surface area (Å²) in [5, 5.41) is 11.7. The number of carbonyl (C=O) groups excluding carboxylic acids is 1. The maximum absolute atomic E-state index is 12.3. The summed E-state index contributed by atoms with van der Waals surface area (Å²) in [5.41, 5.74) is -0.0810. The van der Waals surface area contributed by atoms with E-state index in [1.165, 1.54) is 0 Å². The van der Waals surface area contributed by atoms with Gasteiger partial charge in [-0.05, 0) is 38.0 Å². The molecule has 1 fully saturated rings. The Bertz CT molecular complexity index is 380. The highest BCUT2D eigenvalue weighted by molar-refractivity contribution is 5.79. The third kappa shape index (κ3) is 5.30. The minimum absolute atomic E-state index is 0.0463. The van der Waals surface area contributed by atoms with Gasteiger partial charge in [0.2, 0.25) is 5.91 Å². The van der Waals surface area contributed by atoms with Gasteiger partial charge in [0.1, 0.15) is 0 Å². The Hall–Kier alpha value is -1.10. The second-order valence-electron chi connectivity index (χ2n) is 7.03. The van der Waals surface area contributed by atoms with E-state index in [0.29, 0.717) is 13.0 Å². The molecule has 0 aromatic carbocycles. The van der Waals surface area contributed by atoms with E-state index in [2.05, 4.69) is 12.2 Å². The van der Waals surface area contributed by atoms with Crippen molar-refractivity contribution in [2.24, 2.45) is 17.3 Å². The highest BCUT2D eigenvalue weighted by Crippen LogP contribution is 2.32. The highest BCUT2D eigenvalue weighted by atomic mass is 16.5. The Morgan fingerprint density at radius 3 is 2.24 bits per heavy atom. The molecule has 122 valence electrons. The number of aliphatic carboxylic acids is 1. The van der Waals surface area contributed by atoms with Gasteiger partial charge in [0, 0.05) is 13.0 Å². The number of nitrogens with one attached hydrogen (secondary N) is 1. The molecule has 2 N–H and O–H groups in total. The van der Waals surface area contributed by atoms with Crippen LogP contribution >= 0.6 is 0 Å². The topological polar surface area (TPSA) is 75.6 Å². The van der Waals surface area contributed by atoms with E-state index < -0.39 is 5.97 Å². The fourth-order valence-electron chi connectivity index (χ4n) is 2.93. The zero-order valence-electron chi connectivity index (χ0n) is 13.8. The number of hydrogen-bond donors (Lipinski definition) is 2. The number of carboxylic acids is 1. The van der Waals surface area contributed by atoms with Crippen LogP contribution in [0.25, 0.3) is 0 Å². The normalized spacial score (nSPS) is 29.4. The van der Waals surface area contributed by atoms with Crippen molar-refractivity contribution in [3.63, 3.8) is 0 Å². The number of hydrogen-bond acceptors (Lipinski definition) is 3. The van der Waals surface area contributed by atoms with Gasteiger partial charge < -0.3 is 15.2 Å². The molecule has 1 rings (SSSR count). The molecule has 1 aliphatic rings. The van der Waals surface area contributed by atoms with Crippen molar-refractivity contribution in [3.05, 3.63) is 0 Å². The largest absolute Gasteiger partial charge is 0.481 e. The van der Waals surface area contributed by atoms with Gasteiger partial charge >= 0.3 is 5.97 Å². The van der Waals surface area contributed by atoms with Gasteiger partial charge in [-0.25, -0.2) is 0 Å². The second-order valence-corrected chi connectivity index (χ2v) is 7.03. The van der Waals surface area contributed by atoms with Gasteiger partial charge in [0.15, 0.2) is 0 Å². The molecule has 1 amide bonds. The summed E-state index contributed by atoms with van der Waals surface area (Å²) in [7, 11) is 0. The maximum atomic E-state index is 12.3. The summed E-state index contributed by atoms with van der Waals surface area (Å²) in [6.45, 7) is 10.7. The van der Waals surface area contributed by atoms with E-state index in [4.69, 9.17) is 9.84 Å². The predicted octanol–water partition coefficient (Wildman–Crippen LogP) is 2.44. The highest BCUT2D eigenvalue weighted by Gasteiger charge is 2.41. The van der Waals surface area contributed by atoms with Crippen LogP contribution in [0, 0.1) is 17.3 Å². The van der Waals surface area contributed by atoms with Crippen molar-refractivity contribution < 1.29 is 19.4 Å². The molecule has 1 saturated heterocycles. The van der Waals surface area contributed by atoms with Gasteiger partial charge in [-0.15, -0.1) is 0 Å². The number of rotatable bonds is 7. The Labute approximate surface area is 127 Å². The molecule has 0 aromatic heterocycles. The summed E-state index contributed by atoms with van der Waals surface area (Å²) < 4.78 is 5.69. The molecule has 0 saturated carbocycles. The molecule has 0 spiro atoms. The van der Waals surface area contributed by atoms with Gasteiger partial charge in [-0.1, -0.05) is 20.8 Å². The molecule has 0 bridgehead atoms. The molecule has 1 heterocycles. The minimum atomic E-state index is -0.771. The summed E-state index contributed by atoms with van der Waals surface area (Å²) in [6.07, 6.45) is 1.63. The minimum Gasteiger partial charge on any atom is -0.481 e. The molecule has 0 aliphatic carbocycles. The lowest BCUT2D eigenvalue weighted by molar-refractivity contribution is -0.137. The summed E-state index contributed by atoms with van der Waals surface area (Å²) in [4.78, 5) is 22.9. The van der Waals surface area contributed by atoms with E-state index in [1.807, 2.05) is 27.7 Å². The fourth-order valence-corrected chi connectivity index (χ4v) is 2.93. The van der Waals surface area contributed by atoms with Crippen molar-refractivity contribution in [3.8, 4) is 0 Å². The first-order chi connectivity index (χ1) is 9.64. The zero-order chi connectivity index (χ0) is 16.2. The standard InChI is InChI=1S/C16H29NO4/c1-10-11(2)21-12(3)14(10)15(20)17-9-8-16(4,5)7-6-13(18)19/h10-12,14H,6-9H2,1-5H3,(H,17,20)(H,18,19). The molecule has 21 heavy (non-hydrogen) atoms. The first-order valence-electron chi connectivity index (χ1n) is 7.79. The van der Waals surface area contributed by atoms with Crippen molar-refractivity contribution in [1.82, 2.24) is 5.32 Å². The third-order valence-electron chi connectivity index (χ3n) is 4.66. The van der Waals surface area contributed by atoms with Gasteiger partial charge in [0.05, 0.1) is 18.1 Å². The van der Waals surface area contributed by atoms with E-state index in [1.54, 1.807) is 0 Å². The Morgan fingerprint density at radius 2 is 1.76 bits per heavy atom. The summed E-state index contributed by atoms with van der Waals surface area (Å²) in [6, 6.07) is 0. The molecular formula is C16H29NO4. The second kappa shape index (κ2) is 7.25. The Morgan fingerprint density at radius 1 is 1.14 bits per heavy atom. The van der Waals surface area contributed by atoms with Gasteiger partial charge in [-0.2, -0.15) is 0 Å². The van der Waals surface area contributed by atoms with Crippen molar-refractivity contribution in [2.75, 3.05) is 6.54 Å². The van der Waals surface area contributed by atoms with Crippen LogP contribution in [0.5, 0.6) is 0 Å². The predicted molar refractivity (Wildman–Crippen MR) is 80.9 cm³/mol. The first kappa shape index (κ1) is 18.0. The van der Waals surface area contributed by atoms with Crippen LogP contribution in [0.4, 0.5) is 0 Å². The molecule has 5 nitrogen and oxygen atoms in total. The van der Waals surface area contributed by atoms with Crippen LogP contribution in [-0.2, 0) is 14.3 Å². The molecule has 4 unspecified atom stereocenters. The molecule has 0 radical (unpaired) electrons. The van der Waals surface area contributed by atoms with Crippen molar-refractivity contribution >= 4 is 11.9 Å². The third-order valence-corrected chi connectivity index (χ3v) is 4.66. The summed E-state index contributed by atoms with van der Waals surface area (Å²) >= 11 is 0. The smallest absolute Gasteiger partial charge is 0.303 e. The monoisotopic (exact) mass is 299 g/mol. The van der Waals surface area contributed by atoms with E-state index in [-0.39, 0.29) is 41.8 Å². The maximum Gasteiger partial charge on any atom is 0.303 e. The average molecular weight is 299 g/mol. The van der Waals surface area contributed by atoms with Gasteiger partial charge in [-0.3, -0.25) is 9.59 Å². The number of carbonyl (C=O) groups is 2. The quantitative estimate of drug-likeness (QED) is 0.757. The van der Waals surface area contributed by atoms with Gasteiger partial charge in [0.25, 0.3) is 0 Å². The summed E-state index contributed by atoms with van der Waals surface area (Å²) in [5.74, 6) is -0.595. The first-order valence-corrected chi connectivity index (χ1v) is 7.79. The molecule has 0 aromatic rings. The van der Waals surface area contributed by atoms with E-state index in [0.717, 1.165) is 6.42 Å². The lowest BCUT2D eigenvalue weighted by Crippen LogP contribution is -2.38. The Kier molecular flexibility index (Phi) is 6.20. The fraction of sp³-hybridized carbons (Fsp3) is 0.875.